The highest BCUT2D eigenvalue weighted by molar-refractivity contribution is 9.10. The van der Waals surface area contributed by atoms with E-state index in [2.05, 4.69) is 110 Å². The molecule has 3 aromatic rings. The molecule has 0 radical (unpaired) electrons. The molecule has 0 unspecified atom stereocenters. The highest BCUT2D eigenvalue weighted by Crippen LogP contribution is 2.46. The number of hydrogen-bond donors (Lipinski definition) is 0. The summed E-state index contributed by atoms with van der Waals surface area (Å²) in [6.07, 6.45) is 6.63. The second-order valence-electron chi connectivity index (χ2n) is 6.12. The first kappa shape index (κ1) is 22.3. The van der Waals surface area contributed by atoms with Crippen LogP contribution in [0.15, 0.2) is 67.4 Å². The highest BCUT2D eigenvalue weighted by atomic mass is 127. The van der Waals surface area contributed by atoms with Gasteiger partial charge in [-0.2, -0.15) is 4.57 Å². The van der Waals surface area contributed by atoms with E-state index >= 15 is 0 Å². The molecule has 0 saturated carbocycles. The Labute approximate surface area is 208 Å². The second kappa shape index (κ2) is 9.64. The van der Waals surface area contributed by atoms with Crippen LogP contribution in [0.3, 0.4) is 0 Å². The van der Waals surface area contributed by atoms with E-state index in [-0.39, 0.29) is 24.0 Å². The first-order valence-electron chi connectivity index (χ1n) is 8.86. The van der Waals surface area contributed by atoms with E-state index in [4.69, 9.17) is 0 Å². The summed E-state index contributed by atoms with van der Waals surface area (Å²) in [5.74, 6) is 0. The minimum Gasteiger partial charge on any atom is -1.00 e. The molecule has 0 amide bonds. The first-order chi connectivity index (χ1) is 13.1. The summed E-state index contributed by atoms with van der Waals surface area (Å²) in [5.41, 5.74) is 2.58. The van der Waals surface area contributed by atoms with Crippen molar-refractivity contribution >= 4 is 76.9 Å². The number of thiazole rings is 1. The maximum atomic E-state index is 3.58. The maximum absolute atomic E-state index is 3.58. The fourth-order valence-electron chi connectivity index (χ4n) is 3.27. The van der Waals surface area contributed by atoms with E-state index in [0.29, 0.717) is 0 Å². The molecule has 2 aromatic carbocycles. The number of hydrogen-bond acceptors (Lipinski definition) is 3. The lowest BCUT2D eigenvalue weighted by Gasteiger charge is -2.17. The van der Waals surface area contributed by atoms with Gasteiger partial charge in [-0.05, 0) is 50.3 Å². The topological polar surface area (TPSA) is 7.12 Å². The molecule has 0 fully saturated rings. The van der Waals surface area contributed by atoms with Crippen LogP contribution in [0.2, 0.25) is 0 Å². The van der Waals surface area contributed by atoms with E-state index in [1.165, 1.54) is 30.8 Å². The van der Waals surface area contributed by atoms with Crippen molar-refractivity contribution in [3.63, 3.8) is 0 Å². The summed E-state index contributed by atoms with van der Waals surface area (Å²) in [7, 11) is 0. The normalized spacial score (nSPS) is 14.9. The summed E-state index contributed by atoms with van der Waals surface area (Å²) in [6, 6.07) is 13.0. The third-order valence-electron chi connectivity index (χ3n) is 4.50. The van der Waals surface area contributed by atoms with Gasteiger partial charge in [0.25, 0.3) is 5.01 Å². The zero-order valence-corrected chi connectivity index (χ0v) is 22.4. The number of anilines is 1. The number of aryl methyl sites for hydroxylation is 1. The van der Waals surface area contributed by atoms with Crippen molar-refractivity contribution in [2.24, 2.45) is 0 Å². The van der Waals surface area contributed by atoms with Crippen LogP contribution in [0, 0.1) is 0 Å². The van der Waals surface area contributed by atoms with E-state index in [0.717, 1.165) is 22.0 Å². The second-order valence-corrected chi connectivity index (χ2v) is 10.1. The van der Waals surface area contributed by atoms with Gasteiger partial charge >= 0.3 is 0 Å². The quantitative estimate of drug-likeness (QED) is 0.309. The lowest BCUT2D eigenvalue weighted by Crippen LogP contribution is -3.00. The summed E-state index contributed by atoms with van der Waals surface area (Å²) in [5, 5.41) is 2.54. The number of nitrogens with zero attached hydrogens (tertiary/aromatic N) is 2. The summed E-state index contributed by atoms with van der Waals surface area (Å²) >= 11 is 10.8. The van der Waals surface area contributed by atoms with Crippen LogP contribution < -0.4 is 33.4 Å². The summed E-state index contributed by atoms with van der Waals surface area (Å²) < 4.78 is 5.93. The van der Waals surface area contributed by atoms with Crippen molar-refractivity contribution in [3.05, 3.63) is 67.5 Å². The number of rotatable bonds is 4. The van der Waals surface area contributed by atoms with Crippen molar-refractivity contribution in [1.82, 2.24) is 0 Å². The molecule has 146 valence electrons. The number of thioether (sulfide) groups is 1. The molecule has 0 atom stereocenters. The Morgan fingerprint density at radius 1 is 1.07 bits per heavy atom. The molecular formula is C21H19Br2IN2S2. The van der Waals surface area contributed by atoms with E-state index in [1.807, 2.05) is 23.1 Å². The van der Waals surface area contributed by atoms with Crippen molar-refractivity contribution in [1.29, 1.82) is 0 Å². The molecule has 0 bridgehead atoms. The Morgan fingerprint density at radius 2 is 1.82 bits per heavy atom. The van der Waals surface area contributed by atoms with Gasteiger partial charge in [0.1, 0.15) is 11.2 Å². The lowest BCUT2D eigenvalue weighted by molar-refractivity contribution is -0.665. The number of fused-ring (bicyclic) bond motifs is 2. The SMILES string of the molecule is CCN1/C(=C/C=C/c2sc3cc(Br)ccc3[n+]2CC)Sc2cc(Br)ccc21.[I-]. The van der Waals surface area contributed by atoms with Gasteiger partial charge in [-0.1, -0.05) is 61.0 Å². The van der Waals surface area contributed by atoms with E-state index < -0.39 is 0 Å². The molecule has 2 nitrogen and oxygen atoms in total. The molecule has 0 N–H and O–H groups in total. The van der Waals surface area contributed by atoms with Crippen LogP contribution in [0.4, 0.5) is 5.69 Å². The average Bonchev–Trinajstić information content (AvgIpc) is 3.17. The minimum absolute atomic E-state index is 0. The fraction of sp³-hybridized carbons (Fsp3) is 0.190. The smallest absolute Gasteiger partial charge is 0.262 e. The van der Waals surface area contributed by atoms with Crippen molar-refractivity contribution < 1.29 is 28.5 Å². The van der Waals surface area contributed by atoms with Crippen molar-refractivity contribution in [3.8, 4) is 0 Å². The Morgan fingerprint density at radius 3 is 2.57 bits per heavy atom. The van der Waals surface area contributed by atoms with E-state index in [1.54, 1.807) is 0 Å². The maximum Gasteiger partial charge on any atom is 0.262 e. The zero-order chi connectivity index (χ0) is 19.0. The molecule has 1 aliphatic rings. The molecule has 4 rings (SSSR count). The van der Waals surface area contributed by atoms with Gasteiger partial charge in [-0.25, -0.2) is 0 Å². The predicted octanol–water partition coefficient (Wildman–Crippen LogP) is 4.22. The molecule has 28 heavy (non-hydrogen) atoms. The third-order valence-corrected chi connectivity index (χ3v) is 7.71. The first-order valence-corrected chi connectivity index (χ1v) is 12.1. The van der Waals surface area contributed by atoms with Gasteiger partial charge < -0.3 is 28.9 Å². The van der Waals surface area contributed by atoms with Gasteiger partial charge in [-0.15, -0.1) is 0 Å². The third kappa shape index (κ3) is 4.38. The van der Waals surface area contributed by atoms with Crippen LogP contribution in [0.1, 0.15) is 18.9 Å². The van der Waals surface area contributed by atoms with Crippen LogP contribution in [-0.4, -0.2) is 6.54 Å². The Bertz CT molecular complexity index is 1080. The average molecular weight is 650 g/mol. The summed E-state index contributed by atoms with van der Waals surface area (Å²) in [6.45, 7) is 6.33. The minimum atomic E-state index is 0. The van der Waals surface area contributed by atoms with Gasteiger partial charge in [-0.3, -0.25) is 0 Å². The highest BCUT2D eigenvalue weighted by Gasteiger charge is 2.23. The number of allylic oxidation sites excluding steroid dienone is 2. The van der Waals surface area contributed by atoms with Crippen molar-refractivity contribution in [2.45, 2.75) is 25.3 Å². The number of halogens is 3. The molecule has 1 aliphatic heterocycles. The van der Waals surface area contributed by atoms with Gasteiger partial charge in [0, 0.05) is 32.5 Å². The molecule has 0 aliphatic carbocycles. The summed E-state index contributed by atoms with van der Waals surface area (Å²) in [4.78, 5) is 3.67. The number of benzene rings is 2. The van der Waals surface area contributed by atoms with Gasteiger partial charge in [0.15, 0.2) is 0 Å². The molecule has 0 saturated heterocycles. The lowest BCUT2D eigenvalue weighted by atomic mass is 10.3. The largest absolute Gasteiger partial charge is 1.00 e. The molecule has 1 aromatic heterocycles. The molecular weight excluding hydrogens is 631 g/mol. The Hall–Kier alpha value is -0.350. The van der Waals surface area contributed by atoms with Crippen LogP contribution in [0.5, 0.6) is 0 Å². The standard InChI is InChI=1S/C21H19Br2N2S2.HI/c1-3-24-16-10-8-14(22)12-18(16)26-20(24)6-5-7-21-25(4-2)17-11-9-15(23)13-19(17)27-21;/h5-13H,3-4H2,1-2H3;1H/q+1;/p-1. The number of aromatic nitrogens is 1. The molecule has 2 heterocycles. The van der Waals surface area contributed by atoms with Crippen molar-refractivity contribution in [2.75, 3.05) is 11.4 Å². The fourth-order valence-corrected chi connectivity index (χ4v) is 6.65. The van der Waals surface area contributed by atoms with E-state index in [9.17, 15) is 0 Å². The zero-order valence-electron chi connectivity index (χ0n) is 15.5. The molecule has 7 heteroatoms. The van der Waals surface area contributed by atoms with Gasteiger partial charge in [0.2, 0.25) is 5.52 Å². The monoisotopic (exact) mass is 648 g/mol. The van der Waals surface area contributed by atoms with Crippen LogP contribution >= 0.6 is 55.0 Å². The van der Waals surface area contributed by atoms with Gasteiger partial charge in [0.05, 0.1) is 10.7 Å². The Balaban J connectivity index is 0.00000225. The van der Waals surface area contributed by atoms with Crippen LogP contribution in [0.25, 0.3) is 16.3 Å². The Kier molecular flexibility index (Phi) is 7.69. The van der Waals surface area contributed by atoms with Crippen LogP contribution in [-0.2, 0) is 6.54 Å². The molecule has 0 spiro atoms. The predicted molar refractivity (Wildman–Crippen MR) is 126 cm³/mol.